The average Bonchev–Trinajstić information content (AvgIpc) is 2.45. The Bertz CT molecular complexity index is 699. The van der Waals surface area contributed by atoms with Gasteiger partial charge in [0.25, 0.3) is 0 Å². The third-order valence-corrected chi connectivity index (χ3v) is 3.05. The topological polar surface area (TPSA) is 29.5 Å². The highest BCUT2D eigenvalue weighted by atomic mass is 16.5. The fourth-order valence-corrected chi connectivity index (χ4v) is 2.13. The maximum absolute atomic E-state index is 9.43. The minimum atomic E-state index is 0.263. The molecule has 0 bridgehead atoms. The van der Waals surface area contributed by atoms with Crippen LogP contribution in [-0.4, -0.2) is 5.11 Å². The number of benzene rings is 3. The maximum atomic E-state index is 9.43. The molecule has 3 aromatic carbocycles. The van der Waals surface area contributed by atoms with Crippen molar-refractivity contribution >= 4 is 10.8 Å². The maximum Gasteiger partial charge on any atom is 0.127 e. The molecule has 2 nitrogen and oxygen atoms in total. The molecule has 0 unspecified atom stereocenters. The minimum absolute atomic E-state index is 0.263. The van der Waals surface area contributed by atoms with E-state index in [4.69, 9.17) is 4.74 Å². The quantitative estimate of drug-likeness (QED) is 0.757. The first-order valence-electron chi connectivity index (χ1n) is 6.21. The van der Waals surface area contributed by atoms with Crippen LogP contribution in [-0.2, 0) is 6.61 Å². The molecule has 0 radical (unpaired) electrons. The average molecular weight is 250 g/mol. The molecule has 0 aromatic heterocycles. The zero-order valence-corrected chi connectivity index (χ0v) is 10.4. The number of phenolic OH excluding ortho intramolecular Hbond substituents is 1. The van der Waals surface area contributed by atoms with Crippen molar-refractivity contribution in [3.63, 3.8) is 0 Å². The standard InChI is InChI=1S/C17H14O2/c18-15-8-3-5-13(11-15)12-19-17-10-4-7-14-6-1-2-9-16(14)17/h1-11,18H,12H2. The number of ether oxygens (including phenoxy) is 1. The predicted molar refractivity (Wildman–Crippen MR) is 76.4 cm³/mol. The van der Waals surface area contributed by atoms with Gasteiger partial charge in [0.1, 0.15) is 18.1 Å². The van der Waals surface area contributed by atoms with Gasteiger partial charge in [-0.2, -0.15) is 0 Å². The Morgan fingerprint density at radius 3 is 2.53 bits per heavy atom. The van der Waals surface area contributed by atoms with E-state index in [0.29, 0.717) is 6.61 Å². The second-order valence-electron chi connectivity index (χ2n) is 4.44. The van der Waals surface area contributed by atoms with Crippen molar-refractivity contribution in [2.45, 2.75) is 6.61 Å². The van der Waals surface area contributed by atoms with Crippen molar-refractivity contribution in [2.75, 3.05) is 0 Å². The van der Waals surface area contributed by atoms with Crippen LogP contribution in [0.4, 0.5) is 0 Å². The van der Waals surface area contributed by atoms with Gasteiger partial charge in [0.05, 0.1) is 0 Å². The largest absolute Gasteiger partial charge is 0.508 e. The van der Waals surface area contributed by atoms with Crippen LogP contribution in [0.5, 0.6) is 11.5 Å². The van der Waals surface area contributed by atoms with E-state index in [1.54, 1.807) is 12.1 Å². The SMILES string of the molecule is Oc1cccc(COc2cccc3ccccc23)c1. The smallest absolute Gasteiger partial charge is 0.127 e. The van der Waals surface area contributed by atoms with Gasteiger partial charge in [-0.15, -0.1) is 0 Å². The Kier molecular flexibility index (Phi) is 3.07. The van der Waals surface area contributed by atoms with Crippen molar-refractivity contribution in [3.05, 3.63) is 72.3 Å². The first-order chi connectivity index (χ1) is 9.33. The Morgan fingerprint density at radius 2 is 1.63 bits per heavy atom. The van der Waals surface area contributed by atoms with Gasteiger partial charge in [0, 0.05) is 5.39 Å². The van der Waals surface area contributed by atoms with Crippen molar-refractivity contribution in [2.24, 2.45) is 0 Å². The normalized spacial score (nSPS) is 10.5. The highest BCUT2D eigenvalue weighted by molar-refractivity contribution is 5.88. The van der Waals surface area contributed by atoms with Crippen LogP contribution < -0.4 is 4.74 Å². The molecule has 94 valence electrons. The molecule has 0 spiro atoms. The van der Waals surface area contributed by atoms with Gasteiger partial charge in [-0.25, -0.2) is 0 Å². The lowest BCUT2D eigenvalue weighted by Crippen LogP contribution is -1.95. The highest BCUT2D eigenvalue weighted by Gasteiger charge is 2.02. The molecule has 19 heavy (non-hydrogen) atoms. The predicted octanol–water partition coefficient (Wildman–Crippen LogP) is 4.12. The second kappa shape index (κ2) is 5.02. The molecule has 0 atom stereocenters. The monoisotopic (exact) mass is 250 g/mol. The van der Waals surface area contributed by atoms with E-state index in [9.17, 15) is 5.11 Å². The van der Waals surface area contributed by atoms with Gasteiger partial charge in [0.15, 0.2) is 0 Å². The Balaban J connectivity index is 1.86. The molecule has 0 aliphatic carbocycles. The Labute approximate surface area is 111 Å². The number of aromatic hydroxyl groups is 1. The summed E-state index contributed by atoms with van der Waals surface area (Å²) in [6.45, 7) is 0.447. The number of hydrogen-bond acceptors (Lipinski definition) is 2. The molecule has 2 heteroatoms. The number of fused-ring (bicyclic) bond motifs is 1. The summed E-state index contributed by atoms with van der Waals surface area (Å²) in [7, 11) is 0. The Morgan fingerprint density at radius 1 is 0.842 bits per heavy atom. The lowest BCUT2D eigenvalue weighted by atomic mass is 10.1. The minimum Gasteiger partial charge on any atom is -0.508 e. The molecule has 0 aliphatic heterocycles. The van der Waals surface area contributed by atoms with E-state index < -0.39 is 0 Å². The summed E-state index contributed by atoms with van der Waals surface area (Å²) in [5, 5.41) is 11.7. The summed E-state index contributed by atoms with van der Waals surface area (Å²) < 4.78 is 5.85. The van der Waals surface area contributed by atoms with E-state index >= 15 is 0 Å². The summed E-state index contributed by atoms with van der Waals surface area (Å²) in [6, 6.07) is 21.3. The first kappa shape index (κ1) is 11.6. The number of hydrogen-bond donors (Lipinski definition) is 1. The van der Waals surface area contributed by atoms with Crippen molar-refractivity contribution in [1.82, 2.24) is 0 Å². The van der Waals surface area contributed by atoms with Crippen LogP contribution in [0.1, 0.15) is 5.56 Å². The van der Waals surface area contributed by atoms with Crippen LogP contribution in [0.3, 0.4) is 0 Å². The lowest BCUT2D eigenvalue weighted by molar-refractivity contribution is 0.309. The van der Waals surface area contributed by atoms with Crippen LogP contribution in [0.25, 0.3) is 10.8 Å². The fraction of sp³-hybridized carbons (Fsp3) is 0.0588. The summed E-state index contributed by atoms with van der Waals surface area (Å²) in [5.74, 6) is 1.13. The summed E-state index contributed by atoms with van der Waals surface area (Å²) >= 11 is 0. The van der Waals surface area contributed by atoms with Gasteiger partial charge in [0.2, 0.25) is 0 Å². The summed E-state index contributed by atoms with van der Waals surface area (Å²) in [6.07, 6.45) is 0. The molecule has 3 rings (SSSR count). The highest BCUT2D eigenvalue weighted by Crippen LogP contribution is 2.26. The lowest BCUT2D eigenvalue weighted by Gasteiger charge is -2.09. The van der Waals surface area contributed by atoms with Gasteiger partial charge in [-0.1, -0.05) is 48.5 Å². The number of phenols is 1. The van der Waals surface area contributed by atoms with E-state index in [-0.39, 0.29) is 5.75 Å². The van der Waals surface area contributed by atoms with Crippen LogP contribution in [0, 0.1) is 0 Å². The number of rotatable bonds is 3. The zero-order valence-electron chi connectivity index (χ0n) is 10.4. The molecule has 0 fully saturated rings. The third kappa shape index (κ3) is 2.52. The van der Waals surface area contributed by atoms with E-state index in [1.165, 1.54) is 0 Å². The zero-order chi connectivity index (χ0) is 13.1. The fourth-order valence-electron chi connectivity index (χ4n) is 2.13. The molecule has 0 aliphatic rings. The van der Waals surface area contributed by atoms with Gasteiger partial charge in [-0.05, 0) is 29.1 Å². The van der Waals surface area contributed by atoms with Crippen LogP contribution in [0.2, 0.25) is 0 Å². The Hall–Kier alpha value is -2.48. The van der Waals surface area contributed by atoms with Crippen molar-refractivity contribution in [3.8, 4) is 11.5 Å². The van der Waals surface area contributed by atoms with Gasteiger partial charge >= 0.3 is 0 Å². The molecule has 0 saturated heterocycles. The first-order valence-corrected chi connectivity index (χ1v) is 6.21. The summed E-state index contributed by atoms with van der Waals surface area (Å²) in [4.78, 5) is 0. The molecule has 0 heterocycles. The molecule has 0 saturated carbocycles. The van der Waals surface area contributed by atoms with E-state index in [2.05, 4.69) is 12.1 Å². The second-order valence-corrected chi connectivity index (χ2v) is 4.44. The van der Waals surface area contributed by atoms with Crippen LogP contribution in [0.15, 0.2) is 66.7 Å². The molecule has 1 N–H and O–H groups in total. The van der Waals surface area contributed by atoms with Crippen LogP contribution >= 0.6 is 0 Å². The molecular weight excluding hydrogens is 236 g/mol. The van der Waals surface area contributed by atoms with Crippen molar-refractivity contribution < 1.29 is 9.84 Å². The van der Waals surface area contributed by atoms with Crippen molar-refractivity contribution in [1.29, 1.82) is 0 Å². The third-order valence-electron chi connectivity index (χ3n) is 3.05. The van der Waals surface area contributed by atoms with Gasteiger partial charge < -0.3 is 9.84 Å². The molecular formula is C17H14O2. The molecule has 0 amide bonds. The van der Waals surface area contributed by atoms with E-state index in [0.717, 1.165) is 22.1 Å². The van der Waals surface area contributed by atoms with Gasteiger partial charge in [-0.3, -0.25) is 0 Å². The van der Waals surface area contributed by atoms with E-state index in [1.807, 2.05) is 42.5 Å². The molecule has 3 aromatic rings. The summed E-state index contributed by atoms with van der Waals surface area (Å²) in [5.41, 5.74) is 0.952.